The Bertz CT molecular complexity index is 723. The van der Waals surface area contributed by atoms with E-state index in [1.165, 1.54) is 16.7 Å². The van der Waals surface area contributed by atoms with Crippen LogP contribution in [0.15, 0.2) is 79.1 Å². The van der Waals surface area contributed by atoms with E-state index in [-0.39, 0.29) is 6.10 Å². The summed E-state index contributed by atoms with van der Waals surface area (Å²) < 4.78 is 6.03. The van der Waals surface area contributed by atoms with Crippen LogP contribution in [0.1, 0.15) is 25.3 Å². The normalized spacial score (nSPS) is 11.9. The number of rotatable bonds is 7. The molecule has 3 aromatic rings. The molecule has 0 amide bonds. The molecule has 2 nitrogen and oxygen atoms in total. The van der Waals surface area contributed by atoms with Crippen LogP contribution in [-0.4, -0.2) is 11.1 Å². The van der Waals surface area contributed by atoms with Gasteiger partial charge in [-0.2, -0.15) is 0 Å². The second kappa shape index (κ2) is 8.30. The number of hydrogen-bond donors (Lipinski definition) is 0. The molecule has 1 atom stereocenters. The minimum absolute atomic E-state index is 0.212. The van der Waals surface area contributed by atoms with Gasteiger partial charge in [0, 0.05) is 12.4 Å². The van der Waals surface area contributed by atoms with Gasteiger partial charge in [0.2, 0.25) is 0 Å². The molecule has 0 unspecified atom stereocenters. The summed E-state index contributed by atoms with van der Waals surface area (Å²) in [6.07, 6.45) is 7.16. The lowest BCUT2D eigenvalue weighted by atomic mass is 10.1. The lowest BCUT2D eigenvalue weighted by Gasteiger charge is -2.15. The molecule has 0 saturated carbocycles. The number of ether oxygens (including phenoxy) is 1. The third-order valence-corrected chi connectivity index (χ3v) is 4.10. The lowest BCUT2D eigenvalue weighted by Crippen LogP contribution is -2.11. The first-order valence-corrected chi connectivity index (χ1v) is 8.52. The van der Waals surface area contributed by atoms with E-state index in [1.807, 2.05) is 24.5 Å². The Balaban J connectivity index is 1.48. The van der Waals surface area contributed by atoms with Gasteiger partial charge in [0.05, 0.1) is 6.10 Å². The molecule has 24 heavy (non-hydrogen) atoms. The molecule has 0 radical (unpaired) electrons. The maximum Gasteiger partial charge on any atom is 0.119 e. The summed E-state index contributed by atoms with van der Waals surface area (Å²) in [5.41, 5.74) is 3.73. The van der Waals surface area contributed by atoms with Gasteiger partial charge in [-0.05, 0) is 61.1 Å². The van der Waals surface area contributed by atoms with Gasteiger partial charge in [-0.15, -0.1) is 0 Å². The molecule has 0 aliphatic carbocycles. The monoisotopic (exact) mass is 317 g/mol. The van der Waals surface area contributed by atoms with Crippen molar-refractivity contribution in [2.75, 3.05) is 0 Å². The summed E-state index contributed by atoms with van der Waals surface area (Å²) in [6.45, 7) is 2.13. The van der Waals surface area contributed by atoms with E-state index in [0.29, 0.717) is 0 Å². The van der Waals surface area contributed by atoms with Crippen LogP contribution in [0.2, 0.25) is 0 Å². The molecule has 0 spiro atoms. The summed E-state index contributed by atoms with van der Waals surface area (Å²) in [6, 6.07) is 22.9. The van der Waals surface area contributed by atoms with Crippen molar-refractivity contribution < 1.29 is 4.74 Å². The third kappa shape index (κ3) is 4.69. The minimum atomic E-state index is 0.212. The zero-order valence-electron chi connectivity index (χ0n) is 14.1. The average Bonchev–Trinajstić information content (AvgIpc) is 2.64. The van der Waals surface area contributed by atoms with E-state index in [0.717, 1.165) is 25.0 Å². The van der Waals surface area contributed by atoms with Gasteiger partial charge in [0.25, 0.3) is 0 Å². The second-order valence-electron chi connectivity index (χ2n) is 6.07. The van der Waals surface area contributed by atoms with Gasteiger partial charge < -0.3 is 4.74 Å². The number of aromatic nitrogens is 1. The molecule has 0 bridgehead atoms. The molecular weight excluding hydrogens is 294 g/mol. The lowest BCUT2D eigenvalue weighted by molar-refractivity contribution is 0.208. The Morgan fingerprint density at radius 1 is 0.875 bits per heavy atom. The summed E-state index contributed by atoms with van der Waals surface area (Å²) in [4.78, 5) is 4.15. The van der Waals surface area contributed by atoms with Gasteiger partial charge in [-0.3, -0.25) is 4.98 Å². The van der Waals surface area contributed by atoms with Crippen LogP contribution < -0.4 is 4.74 Å². The molecule has 0 aliphatic rings. The zero-order chi connectivity index (χ0) is 16.6. The predicted octanol–water partition coefficient (Wildman–Crippen LogP) is 5.54. The highest BCUT2D eigenvalue weighted by molar-refractivity contribution is 5.63. The van der Waals surface area contributed by atoms with Crippen molar-refractivity contribution in [2.45, 2.75) is 32.3 Å². The number of pyridine rings is 1. The molecule has 0 fully saturated rings. The van der Waals surface area contributed by atoms with Crippen LogP contribution >= 0.6 is 0 Å². The standard InChI is InChI=1S/C22H23NO/c1-18(7-5-8-19-9-6-16-23-17-19)24-22-14-12-21(13-15-22)20-10-3-2-4-11-20/h2-4,6,9-18H,5,7-8H2,1H3/t18-/m1/s1. The summed E-state index contributed by atoms with van der Waals surface area (Å²) in [5, 5.41) is 0. The van der Waals surface area contributed by atoms with Gasteiger partial charge >= 0.3 is 0 Å². The quantitative estimate of drug-likeness (QED) is 0.571. The SMILES string of the molecule is C[C@H](CCCc1cccnc1)Oc1ccc(-c2ccccc2)cc1. The Morgan fingerprint density at radius 2 is 1.62 bits per heavy atom. The fraction of sp³-hybridized carbons (Fsp3) is 0.227. The second-order valence-corrected chi connectivity index (χ2v) is 6.07. The van der Waals surface area contributed by atoms with E-state index < -0.39 is 0 Å². The molecular formula is C22H23NO. The van der Waals surface area contributed by atoms with E-state index >= 15 is 0 Å². The van der Waals surface area contributed by atoms with Gasteiger partial charge in [-0.25, -0.2) is 0 Å². The van der Waals surface area contributed by atoms with Crippen LogP contribution in [0, 0.1) is 0 Å². The first-order valence-electron chi connectivity index (χ1n) is 8.52. The maximum absolute atomic E-state index is 6.03. The predicted molar refractivity (Wildman–Crippen MR) is 99.1 cm³/mol. The van der Waals surface area contributed by atoms with Crippen molar-refractivity contribution in [1.29, 1.82) is 0 Å². The van der Waals surface area contributed by atoms with Gasteiger partial charge in [0.15, 0.2) is 0 Å². The summed E-state index contributed by atoms with van der Waals surface area (Å²) in [7, 11) is 0. The largest absolute Gasteiger partial charge is 0.491 e. The molecule has 0 saturated heterocycles. The molecule has 0 N–H and O–H groups in total. The molecule has 3 rings (SSSR count). The highest BCUT2D eigenvalue weighted by atomic mass is 16.5. The fourth-order valence-electron chi connectivity index (χ4n) is 2.79. The van der Waals surface area contributed by atoms with Crippen LogP contribution in [0.3, 0.4) is 0 Å². The molecule has 122 valence electrons. The van der Waals surface area contributed by atoms with Crippen LogP contribution in [-0.2, 0) is 6.42 Å². The third-order valence-electron chi connectivity index (χ3n) is 4.10. The summed E-state index contributed by atoms with van der Waals surface area (Å²) >= 11 is 0. The van der Waals surface area contributed by atoms with Gasteiger partial charge in [0.1, 0.15) is 5.75 Å². The Kier molecular flexibility index (Phi) is 5.62. The van der Waals surface area contributed by atoms with E-state index in [1.54, 1.807) is 0 Å². The van der Waals surface area contributed by atoms with Crippen LogP contribution in [0.4, 0.5) is 0 Å². The van der Waals surface area contributed by atoms with Crippen LogP contribution in [0.5, 0.6) is 5.75 Å². The van der Waals surface area contributed by atoms with Gasteiger partial charge in [-0.1, -0.05) is 48.5 Å². The first-order chi connectivity index (χ1) is 11.8. The van der Waals surface area contributed by atoms with Crippen molar-refractivity contribution in [3.63, 3.8) is 0 Å². The van der Waals surface area contributed by atoms with Crippen molar-refractivity contribution >= 4 is 0 Å². The van der Waals surface area contributed by atoms with Crippen molar-refractivity contribution in [3.8, 4) is 16.9 Å². The Hall–Kier alpha value is -2.61. The van der Waals surface area contributed by atoms with Crippen LogP contribution in [0.25, 0.3) is 11.1 Å². The molecule has 0 aliphatic heterocycles. The topological polar surface area (TPSA) is 22.1 Å². The number of nitrogens with zero attached hydrogens (tertiary/aromatic N) is 1. The van der Waals surface area contributed by atoms with E-state index in [9.17, 15) is 0 Å². The average molecular weight is 317 g/mol. The van der Waals surface area contributed by atoms with Crippen molar-refractivity contribution in [1.82, 2.24) is 4.98 Å². The highest BCUT2D eigenvalue weighted by Gasteiger charge is 2.05. The van der Waals surface area contributed by atoms with Crippen molar-refractivity contribution in [2.24, 2.45) is 0 Å². The summed E-state index contributed by atoms with van der Waals surface area (Å²) in [5.74, 6) is 0.934. The molecule has 1 heterocycles. The van der Waals surface area contributed by atoms with E-state index in [2.05, 4.69) is 66.5 Å². The fourth-order valence-corrected chi connectivity index (χ4v) is 2.79. The first kappa shape index (κ1) is 16.3. The maximum atomic E-state index is 6.03. The number of aryl methyl sites for hydroxylation is 1. The Morgan fingerprint density at radius 3 is 2.33 bits per heavy atom. The number of benzene rings is 2. The van der Waals surface area contributed by atoms with E-state index in [4.69, 9.17) is 4.74 Å². The minimum Gasteiger partial charge on any atom is -0.491 e. The van der Waals surface area contributed by atoms with Crippen molar-refractivity contribution in [3.05, 3.63) is 84.7 Å². The molecule has 2 aromatic carbocycles. The molecule has 1 aromatic heterocycles. The smallest absolute Gasteiger partial charge is 0.119 e. The molecule has 2 heteroatoms. The number of hydrogen-bond acceptors (Lipinski definition) is 2. The Labute approximate surface area is 144 Å². The highest BCUT2D eigenvalue weighted by Crippen LogP contribution is 2.23. The zero-order valence-corrected chi connectivity index (χ0v) is 14.1.